The standard InChI is InChI=1S/C27H29N3O5/c1-18(31)22-16-24(34-2)25(35-3)17-23(22)30-26(32)11-7-8-19-12-14-21(15-13-19)29-27(33)28-20-9-5-4-6-10-20/h4-6,9-10,12-17H,7-8,11H2,1-3H3,(H,30,32)(H2,28,29,33). The fraction of sp³-hybridized carbons (Fsp3) is 0.222. The van der Waals surface area contributed by atoms with Crippen molar-refractivity contribution in [3.8, 4) is 11.5 Å². The minimum absolute atomic E-state index is 0.188. The van der Waals surface area contributed by atoms with Crippen LogP contribution < -0.4 is 25.4 Å². The van der Waals surface area contributed by atoms with Crippen LogP contribution >= 0.6 is 0 Å². The highest BCUT2D eigenvalue weighted by Gasteiger charge is 2.16. The highest BCUT2D eigenvalue weighted by atomic mass is 16.5. The van der Waals surface area contributed by atoms with E-state index in [1.807, 2.05) is 54.6 Å². The van der Waals surface area contributed by atoms with Crippen molar-refractivity contribution < 1.29 is 23.9 Å². The number of aryl methyl sites for hydroxylation is 1. The maximum atomic E-state index is 12.5. The van der Waals surface area contributed by atoms with Gasteiger partial charge in [-0.2, -0.15) is 0 Å². The number of methoxy groups -OCH3 is 2. The average molecular weight is 476 g/mol. The van der Waals surface area contributed by atoms with Gasteiger partial charge in [0.05, 0.1) is 19.9 Å². The molecule has 3 aromatic rings. The maximum absolute atomic E-state index is 12.5. The highest BCUT2D eigenvalue weighted by molar-refractivity contribution is 6.04. The number of para-hydroxylation sites is 1. The van der Waals surface area contributed by atoms with Gasteiger partial charge < -0.3 is 25.4 Å². The van der Waals surface area contributed by atoms with Gasteiger partial charge in [-0.15, -0.1) is 0 Å². The molecule has 0 fully saturated rings. The molecule has 3 N–H and O–H groups in total. The van der Waals surface area contributed by atoms with Crippen LogP contribution in [0.5, 0.6) is 11.5 Å². The molecule has 3 aromatic carbocycles. The van der Waals surface area contributed by atoms with Crippen LogP contribution in [0, 0.1) is 0 Å². The molecule has 0 saturated heterocycles. The molecule has 0 aliphatic rings. The topological polar surface area (TPSA) is 106 Å². The number of carbonyl (C=O) groups is 3. The molecule has 0 heterocycles. The van der Waals surface area contributed by atoms with Crippen molar-refractivity contribution in [2.24, 2.45) is 0 Å². The first kappa shape index (κ1) is 25.3. The summed E-state index contributed by atoms with van der Waals surface area (Å²) >= 11 is 0. The van der Waals surface area contributed by atoms with Gasteiger partial charge in [0, 0.05) is 29.4 Å². The molecule has 0 saturated carbocycles. The molecule has 0 aliphatic heterocycles. The second-order valence-electron chi connectivity index (χ2n) is 7.85. The lowest BCUT2D eigenvalue weighted by Gasteiger charge is -2.14. The number of hydrogen-bond acceptors (Lipinski definition) is 5. The zero-order valence-corrected chi connectivity index (χ0v) is 20.0. The number of urea groups is 1. The zero-order valence-electron chi connectivity index (χ0n) is 20.0. The molecule has 0 aromatic heterocycles. The number of Topliss-reactive ketones (excluding diaryl/α,β-unsaturated/α-hetero) is 1. The second-order valence-corrected chi connectivity index (χ2v) is 7.85. The van der Waals surface area contributed by atoms with Gasteiger partial charge in [0.25, 0.3) is 0 Å². The van der Waals surface area contributed by atoms with Gasteiger partial charge in [-0.05, 0) is 55.7 Å². The van der Waals surface area contributed by atoms with E-state index in [-0.39, 0.29) is 24.1 Å². The van der Waals surface area contributed by atoms with Crippen LogP contribution in [0.25, 0.3) is 0 Å². The van der Waals surface area contributed by atoms with Gasteiger partial charge in [-0.25, -0.2) is 4.79 Å². The molecule has 0 atom stereocenters. The Morgan fingerprint density at radius 3 is 1.97 bits per heavy atom. The van der Waals surface area contributed by atoms with E-state index in [0.29, 0.717) is 47.0 Å². The van der Waals surface area contributed by atoms with Crippen LogP contribution in [0.2, 0.25) is 0 Å². The average Bonchev–Trinajstić information content (AvgIpc) is 2.85. The molecular weight excluding hydrogens is 446 g/mol. The fourth-order valence-corrected chi connectivity index (χ4v) is 3.51. The third-order valence-electron chi connectivity index (χ3n) is 5.29. The van der Waals surface area contributed by atoms with Crippen LogP contribution in [0.15, 0.2) is 66.7 Å². The fourth-order valence-electron chi connectivity index (χ4n) is 3.51. The summed E-state index contributed by atoms with van der Waals surface area (Å²) in [5.74, 6) is 0.466. The zero-order chi connectivity index (χ0) is 25.2. The van der Waals surface area contributed by atoms with E-state index in [2.05, 4.69) is 16.0 Å². The predicted octanol–water partition coefficient (Wildman–Crippen LogP) is 5.51. The number of amides is 3. The van der Waals surface area contributed by atoms with Crippen molar-refractivity contribution in [3.63, 3.8) is 0 Å². The lowest BCUT2D eigenvalue weighted by molar-refractivity contribution is -0.116. The van der Waals surface area contributed by atoms with Crippen LogP contribution in [0.1, 0.15) is 35.7 Å². The van der Waals surface area contributed by atoms with E-state index < -0.39 is 0 Å². The van der Waals surface area contributed by atoms with E-state index in [1.54, 1.807) is 12.1 Å². The van der Waals surface area contributed by atoms with Gasteiger partial charge >= 0.3 is 6.03 Å². The van der Waals surface area contributed by atoms with Crippen molar-refractivity contribution in [3.05, 3.63) is 77.9 Å². The first-order valence-corrected chi connectivity index (χ1v) is 11.2. The summed E-state index contributed by atoms with van der Waals surface area (Å²) in [4.78, 5) is 36.6. The van der Waals surface area contributed by atoms with E-state index in [4.69, 9.17) is 9.47 Å². The molecule has 0 radical (unpaired) electrons. The Morgan fingerprint density at radius 1 is 0.771 bits per heavy atom. The summed E-state index contributed by atoms with van der Waals surface area (Å²) < 4.78 is 10.5. The Hall–Kier alpha value is -4.33. The van der Waals surface area contributed by atoms with Gasteiger partial charge in [0.2, 0.25) is 5.91 Å². The molecule has 35 heavy (non-hydrogen) atoms. The molecule has 0 aliphatic carbocycles. The van der Waals surface area contributed by atoms with E-state index >= 15 is 0 Å². The molecular formula is C27H29N3O5. The minimum Gasteiger partial charge on any atom is -0.493 e. The third kappa shape index (κ3) is 7.33. The van der Waals surface area contributed by atoms with Crippen LogP contribution in [0.4, 0.5) is 21.9 Å². The molecule has 8 nitrogen and oxygen atoms in total. The van der Waals surface area contributed by atoms with Gasteiger partial charge in [0.15, 0.2) is 17.3 Å². The Kier molecular flexibility index (Phi) is 8.83. The summed E-state index contributed by atoms with van der Waals surface area (Å²) in [6, 6.07) is 19.5. The largest absolute Gasteiger partial charge is 0.493 e. The quantitative estimate of drug-likeness (QED) is 0.335. The molecule has 182 valence electrons. The number of ether oxygens (including phenoxy) is 2. The summed E-state index contributed by atoms with van der Waals surface area (Å²) in [6.07, 6.45) is 1.59. The number of ketones is 1. The number of carbonyl (C=O) groups excluding carboxylic acids is 3. The number of hydrogen-bond donors (Lipinski definition) is 3. The molecule has 0 unspecified atom stereocenters. The van der Waals surface area contributed by atoms with Crippen molar-refractivity contribution in [2.45, 2.75) is 26.2 Å². The lowest BCUT2D eigenvalue weighted by Crippen LogP contribution is -2.19. The van der Waals surface area contributed by atoms with Gasteiger partial charge in [-0.3, -0.25) is 9.59 Å². The summed E-state index contributed by atoms with van der Waals surface area (Å²) in [5.41, 5.74) is 3.18. The first-order valence-electron chi connectivity index (χ1n) is 11.2. The first-order chi connectivity index (χ1) is 16.9. The number of rotatable bonds is 10. The third-order valence-corrected chi connectivity index (χ3v) is 5.29. The van der Waals surface area contributed by atoms with Crippen molar-refractivity contribution in [1.82, 2.24) is 0 Å². The van der Waals surface area contributed by atoms with Crippen LogP contribution in [-0.2, 0) is 11.2 Å². The number of anilines is 3. The van der Waals surface area contributed by atoms with E-state index in [0.717, 1.165) is 5.56 Å². The summed E-state index contributed by atoms with van der Waals surface area (Å²) in [5, 5.41) is 8.36. The second kappa shape index (κ2) is 12.2. The summed E-state index contributed by atoms with van der Waals surface area (Å²) in [6.45, 7) is 1.43. The van der Waals surface area contributed by atoms with E-state index in [9.17, 15) is 14.4 Å². The number of nitrogens with one attached hydrogen (secondary N) is 3. The Balaban J connectivity index is 1.50. The van der Waals surface area contributed by atoms with Crippen molar-refractivity contribution >= 4 is 34.8 Å². The molecule has 3 rings (SSSR count). The van der Waals surface area contributed by atoms with Crippen LogP contribution in [-0.4, -0.2) is 31.9 Å². The van der Waals surface area contributed by atoms with Crippen molar-refractivity contribution in [1.29, 1.82) is 0 Å². The SMILES string of the molecule is COc1cc(NC(=O)CCCc2ccc(NC(=O)Nc3ccccc3)cc2)c(C(C)=O)cc1OC. The lowest BCUT2D eigenvalue weighted by atomic mass is 10.1. The van der Waals surface area contributed by atoms with Crippen molar-refractivity contribution in [2.75, 3.05) is 30.2 Å². The normalized spacial score (nSPS) is 10.3. The Labute approximate surface area is 204 Å². The minimum atomic E-state index is -0.319. The monoisotopic (exact) mass is 475 g/mol. The molecule has 3 amide bonds. The Bertz CT molecular complexity index is 1180. The van der Waals surface area contributed by atoms with Gasteiger partial charge in [0.1, 0.15) is 0 Å². The van der Waals surface area contributed by atoms with Crippen LogP contribution in [0.3, 0.4) is 0 Å². The number of benzene rings is 3. The van der Waals surface area contributed by atoms with Gasteiger partial charge in [-0.1, -0.05) is 30.3 Å². The summed E-state index contributed by atoms with van der Waals surface area (Å²) in [7, 11) is 2.98. The predicted molar refractivity (Wildman–Crippen MR) is 137 cm³/mol. The molecule has 8 heteroatoms. The maximum Gasteiger partial charge on any atom is 0.323 e. The smallest absolute Gasteiger partial charge is 0.323 e. The highest BCUT2D eigenvalue weighted by Crippen LogP contribution is 2.33. The Morgan fingerprint density at radius 2 is 1.37 bits per heavy atom. The molecule has 0 bridgehead atoms. The van der Waals surface area contributed by atoms with E-state index in [1.165, 1.54) is 21.1 Å². The molecule has 0 spiro atoms.